The molecule has 0 unspecified atom stereocenters. The Bertz CT molecular complexity index is 1140. The van der Waals surface area contributed by atoms with Crippen molar-refractivity contribution in [1.82, 2.24) is 0 Å². The van der Waals surface area contributed by atoms with E-state index in [9.17, 15) is 10.1 Å². The highest BCUT2D eigenvalue weighted by Crippen LogP contribution is 2.25. The van der Waals surface area contributed by atoms with Crippen LogP contribution in [0.2, 0.25) is 10.0 Å². The normalized spacial score (nSPS) is 10.9. The van der Waals surface area contributed by atoms with Crippen molar-refractivity contribution in [3.05, 3.63) is 97.0 Å². The summed E-state index contributed by atoms with van der Waals surface area (Å²) < 4.78 is 6.72. The Hall–Kier alpha value is -2.53. The Balaban J connectivity index is 1.70. The summed E-state index contributed by atoms with van der Waals surface area (Å²) in [6.07, 6.45) is 1.53. The largest absolute Gasteiger partial charge is 0.488 e. The smallest absolute Gasteiger partial charge is 0.266 e. The number of benzene rings is 3. The van der Waals surface area contributed by atoms with Crippen LogP contribution in [-0.4, -0.2) is 5.91 Å². The van der Waals surface area contributed by atoms with Crippen molar-refractivity contribution in [2.24, 2.45) is 0 Å². The van der Waals surface area contributed by atoms with Gasteiger partial charge in [-0.05, 0) is 82.3 Å². The zero-order valence-corrected chi connectivity index (χ0v) is 19.2. The van der Waals surface area contributed by atoms with Crippen LogP contribution in [0.3, 0.4) is 0 Å². The Labute approximate surface area is 198 Å². The number of nitrogens with zero attached hydrogens (tertiary/aromatic N) is 1. The Morgan fingerprint density at radius 2 is 1.83 bits per heavy atom. The first-order valence-corrected chi connectivity index (χ1v) is 10.6. The number of rotatable bonds is 6. The lowest BCUT2D eigenvalue weighted by atomic mass is 10.1. The van der Waals surface area contributed by atoms with E-state index in [1.54, 1.807) is 30.3 Å². The van der Waals surface area contributed by atoms with Gasteiger partial charge < -0.3 is 10.1 Å². The highest BCUT2D eigenvalue weighted by atomic mass is 127. The molecule has 0 aromatic heterocycles. The summed E-state index contributed by atoms with van der Waals surface area (Å²) in [5.41, 5.74) is 2.23. The third kappa shape index (κ3) is 6.23. The van der Waals surface area contributed by atoms with E-state index < -0.39 is 5.91 Å². The summed E-state index contributed by atoms with van der Waals surface area (Å²) >= 11 is 14.0. The van der Waals surface area contributed by atoms with Crippen LogP contribution in [-0.2, 0) is 11.4 Å². The number of carbonyl (C=O) groups is 1. The van der Waals surface area contributed by atoms with E-state index in [0.29, 0.717) is 28.1 Å². The van der Waals surface area contributed by atoms with E-state index in [-0.39, 0.29) is 5.57 Å². The average Bonchev–Trinajstić information content (AvgIpc) is 2.72. The molecule has 3 aromatic rings. The zero-order chi connectivity index (χ0) is 21.5. The molecule has 0 radical (unpaired) electrons. The van der Waals surface area contributed by atoms with Crippen LogP contribution < -0.4 is 10.1 Å². The first-order chi connectivity index (χ1) is 14.4. The number of anilines is 1. The number of carbonyl (C=O) groups excluding carboxylic acids is 1. The predicted octanol–water partition coefficient (Wildman–Crippen LogP) is 6.72. The number of nitrogens with one attached hydrogen (secondary N) is 1. The molecule has 0 spiro atoms. The Kier molecular flexibility index (Phi) is 7.75. The molecule has 0 heterocycles. The van der Waals surface area contributed by atoms with E-state index in [2.05, 4.69) is 27.9 Å². The van der Waals surface area contributed by atoms with E-state index in [1.807, 2.05) is 42.5 Å². The SMILES string of the molecule is N#C/C(=C\c1ccc(OCc2ccc(Cl)cc2)c(I)c1)C(=O)Nc1cccc(Cl)c1. The summed E-state index contributed by atoms with van der Waals surface area (Å²) in [5, 5.41) is 13.3. The third-order valence-corrected chi connectivity index (χ3v) is 5.35. The molecule has 30 heavy (non-hydrogen) atoms. The minimum Gasteiger partial charge on any atom is -0.488 e. The summed E-state index contributed by atoms with van der Waals surface area (Å²) in [5.74, 6) is 0.211. The van der Waals surface area contributed by atoms with Gasteiger partial charge in [0.2, 0.25) is 0 Å². The quantitative estimate of drug-likeness (QED) is 0.211. The molecule has 7 heteroatoms. The van der Waals surface area contributed by atoms with Gasteiger partial charge >= 0.3 is 0 Å². The molecule has 0 saturated heterocycles. The molecule has 0 aliphatic carbocycles. The summed E-state index contributed by atoms with van der Waals surface area (Å²) in [6.45, 7) is 0.411. The summed E-state index contributed by atoms with van der Waals surface area (Å²) in [4.78, 5) is 12.4. The van der Waals surface area contributed by atoms with E-state index in [0.717, 1.165) is 14.7 Å². The van der Waals surface area contributed by atoms with Gasteiger partial charge in [-0.2, -0.15) is 5.26 Å². The van der Waals surface area contributed by atoms with Crippen molar-refractivity contribution in [1.29, 1.82) is 5.26 Å². The minimum absolute atomic E-state index is 0.0133. The van der Waals surface area contributed by atoms with Crippen molar-refractivity contribution in [3.63, 3.8) is 0 Å². The fourth-order valence-corrected chi connectivity index (χ4v) is 3.56. The summed E-state index contributed by atoms with van der Waals surface area (Å²) in [7, 11) is 0. The van der Waals surface area contributed by atoms with Crippen molar-refractivity contribution in [2.45, 2.75) is 6.61 Å². The molecule has 4 nitrogen and oxygen atoms in total. The fourth-order valence-electron chi connectivity index (χ4n) is 2.55. The number of amides is 1. The minimum atomic E-state index is -0.502. The molecule has 3 rings (SSSR count). The van der Waals surface area contributed by atoms with Gasteiger partial charge in [0.15, 0.2) is 0 Å². The topological polar surface area (TPSA) is 62.1 Å². The molecule has 3 aromatic carbocycles. The number of halogens is 3. The number of nitriles is 1. The van der Waals surface area contributed by atoms with Crippen LogP contribution in [0.25, 0.3) is 6.08 Å². The monoisotopic (exact) mass is 548 g/mol. The van der Waals surface area contributed by atoms with Crippen molar-refractivity contribution < 1.29 is 9.53 Å². The predicted molar refractivity (Wildman–Crippen MR) is 129 cm³/mol. The molecule has 150 valence electrons. The average molecular weight is 549 g/mol. The second-order valence-corrected chi connectivity index (χ2v) is 8.27. The van der Waals surface area contributed by atoms with Crippen LogP contribution in [0, 0.1) is 14.9 Å². The second kappa shape index (κ2) is 10.5. The Morgan fingerprint density at radius 1 is 1.07 bits per heavy atom. The van der Waals surface area contributed by atoms with E-state index >= 15 is 0 Å². The molecule has 0 aliphatic heterocycles. The van der Waals surface area contributed by atoms with Crippen LogP contribution in [0.15, 0.2) is 72.3 Å². The molecule has 0 atom stereocenters. The van der Waals surface area contributed by atoms with Gasteiger partial charge in [0, 0.05) is 15.7 Å². The van der Waals surface area contributed by atoms with Gasteiger partial charge in [-0.1, -0.05) is 47.5 Å². The van der Waals surface area contributed by atoms with Crippen molar-refractivity contribution in [3.8, 4) is 11.8 Å². The maximum Gasteiger partial charge on any atom is 0.266 e. The maximum absolute atomic E-state index is 12.4. The lowest BCUT2D eigenvalue weighted by Gasteiger charge is -2.09. The number of ether oxygens (including phenoxy) is 1. The standard InChI is InChI=1S/C23H15Cl2IN2O2/c24-18-7-4-15(5-8-18)14-30-22-9-6-16(11-21(22)26)10-17(13-27)23(29)28-20-3-1-2-19(25)12-20/h1-12H,14H2,(H,28,29)/b17-10+. The summed E-state index contributed by atoms with van der Waals surface area (Å²) in [6, 6.07) is 21.6. The number of hydrogen-bond acceptors (Lipinski definition) is 3. The van der Waals surface area contributed by atoms with Crippen molar-refractivity contribution >= 4 is 63.5 Å². The second-order valence-electron chi connectivity index (χ2n) is 6.24. The molecule has 0 saturated carbocycles. The number of hydrogen-bond donors (Lipinski definition) is 1. The first-order valence-electron chi connectivity index (χ1n) is 8.80. The van der Waals surface area contributed by atoms with Crippen LogP contribution in [0.4, 0.5) is 5.69 Å². The molecule has 1 N–H and O–H groups in total. The molecule has 0 aliphatic rings. The zero-order valence-electron chi connectivity index (χ0n) is 15.5. The molecular formula is C23H15Cl2IN2O2. The van der Waals surface area contributed by atoms with Crippen LogP contribution in [0.1, 0.15) is 11.1 Å². The third-order valence-electron chi connectivity index (χ3n) is 4.02. The lowest BCUT2D eigenvalue weighted by molar-refractivity contribution is -0.112. The lowest BCUT2D eigenvalue weighted by Crippen LogP contribution is -2.13. The maximum atomic E-state index is 12.4. The van der Waals surface area contributed by atoms with Crippen LogP contribution >= 0.6 is 45.8 Å². The molecule has 0 bridgehead atoms. The van der Waals surface area contributed by atoms with Gasteiger partial charge in [0.25, 0.3) is 5.91 Å². The van der Waals surface area contributed by atoms with Gasteiger partial charge in [0.05, 0.1) is 3.57 Å². The molecular weight excluding hydrogens is 534 g/mol. The highest BCUT2D eigenvalue weighted by Gasteiger charge is 2.11. The van der Waals surface area contributed by atoms with Crippen molar-refractivity contribution in [2.75, 3.05) is 5.32 Å². The Morgan fingerprint density at radius 3 is 2.50 bits per heavy atom. The van der Waals surface area contributed by atoms with Crippen LogP contribution in [0.5, 0.6) is 5.75 Å². The van der Waals surface area contributed by atoms with Gasteiger partial charge in [-0.15, -0.1) is 0 Å². The fraction of sp³-hybridized carbons (Fsp3) is 0.0435. The molecule has 1 amide bonds. The molecule has 0 fully saturated rings. The van der Waals surface area contributed by atoms with Gasteiger partial charge in [-0.3, -0.25) is 4.79 Å². The first kappa shape index (κ1) is 22.2. The highest BCUT2D eigenvalue weighted by molar-refractivity contribution is 14.1. The van der Waals surface area contributed by atoms with Gasteiger partial charge in [0.1, 0.15) is 24.0 Å². The van der Waals surface area contributed by atoms with E-state index in [4.69, 9.17) is 27.9 Å². The van der Waals surface area contributed by atoms with E-state index in [1.165, 1.54) is 6.08 Å². The van der Waals surface area contributed by atoms with Gasteiger partial charge in [-0.25, -0.2) is 0 Å².